The maximum absolute atomic E-state index is 13.8. The Balaban J connectivity index is 1.72. The molecule has 2 heterocycles. The van der Waals surface area contributed by atoms with Crippen molar-refractivity contribution in [3.8, 4) is 0 Å². The van der Waals surface area contributed by atoms with Gasteiger partial charge in [-0.15, -0.1) is 0 Å². The molecule has 8 nitrogen and oxygen atoms in total. The zero-order chi connectivity index (χ0) is 25.6. The number of hydrogen-bond acceptors (Lipinski definition) is 6. The zero-order valence-corrected chi connectivity index (χ0v) is 20.4. The second kappa shape index (κ2) is 9.50. The molecule has 2 aromatic carbocycles. The van der Waals surface area contributed by atoms with Gasteiger partial charge < -0.3 is 9.62 Å². The number of rotatable bonds is 4. The van der Waals surface area contributed by atoms with Gasteiger partial charge in [-0.1, -0.05) is 41.4 Å². The minimum Gasteiger partial charge on any atom is -0.595 e. The van der Waals surface area contributed by atoms with E-state index in [0.29, 0.717) is 40.1 Å². The molecule has 3 aromatic rings. The molecule has 0 radical (unpaired) electrons. The number of allylic oxidation sites excluding steroid dienone is 5. The maximum atomic E-state index is 13.8. The maximum Gasteiger partial charge on any atom is 0.343 e. The summed E-state index contributed by atoms with van der Waals surface area (Å²) in [6.07, 6.45) is 4.41. The van der Waals surface area contributed by atoms with E-state index in [9.17, 15) is 20.0 Å². The number of nitrogens with one attached hydrogen (secondary N) is 1. The monoisotopic (exact) mass is 523 g/mol. The minimum atomic E-state index is -1.14. The summed E-state index contributed by atoms with van der Waals surface area (Å²) in [4.78, 5) is 32.5. The summed E-state index contributed by atoms with van der Waals surface area (Å²) >= 11 is 12.6. The Hall–Kier alpha value is -3.53. The molecule has 0 saturated heterocycles. The number of fused-ring (bicyclic) bond motifs is 1. The van der Waals surface area contributed by atoms with Crippen molar-refractivity contribution in [2.45, 2.75) is 19.8 Å². The lowest BCUT2D eigenvalue weighted by molar-refractivity contribution is -0.991. The topological polar surface area (TPSA) is 111 Å². The Morgan fingerprint density at radius 2 is 1.89 bits per heavy atom. The third-order valence-corrected chi connectivity index (χ3v) is 6.70. The normalized spacial score (nSPS) is 18.2. The van der Waals surface area contributed by atoms with E-state index < -0.39 is 16.8 Å². The van der Waals surface area contributed by atoms with E-state index in [4.69, 9.17) is 27.6 Å². The van der Waals surface area contributed by atoms with Crippen molar-refractivity contribution >= 4 is 57.2 Å². The van der Waals surface area contributed by atoms with Gasteiger partial charge in [-0.05, 0) is 55.7 Å². The van der Waals surface area contributed by atoms with Crippen molar-refractivity contribution in [1.29, 1.82) is 0 Å². The molecule has 0 bridgehead atoms. The second-order valence-electron chi connectivity index (χ2n) is 8.31. The van der Waals surface area contributed by atoms with Gasteiger partial charge >= 0.3 is 5.63 Å². The number of para-hydroxylation sites is 1. The lowest BCUT2D eigenvalue weighted by Crippen LogP contribution is -2.99. The molecule has 1 aliphatic heterocycles. The Kier molecular flexibility index (Phi) is 6.38. The summed E-state index contributed by atoms with van der Waals surface area (Å²) in [6, 6.07) is 12.9. The van der Waals surface area contributed by atoms with E-state index in [1.165, 1.54) is 23.1 Å². The molecule has 1 aromatic heterocycles. The van der Waals surface area contributed by atoms with Gasteiger partial charge in [-0.2, -0.15) is 5.23 Å². The first-order valence-corrected chi connectivity index (χ1v) is 11.8. The molecule has 1 atom stereocenters. The van der Waals surface area contributed by atoms with Gasteiger partial charge in [0, 0.05) is 33.8 Å². The Bertz CT molecular complexity index is 1600. The first-order chi connectivity index (χ1) is 17.2. The molecule has 2 aliphatic rings. The van der Waals surface area contributed by atoms with Gasteiger partial charge in [-0.25, -0.2) is 15.0 Å². The molecule has 1 unspecified atom stereocenters. The Labute approximate surface area is 215 Å². The van der Waals surface area contributed by atoms with Gasteiger partial charge in [-0.3, -0.25) is 9.69 Å². The average molecular weight is 524 g/mol. The van der Waals surface area contributed by atoms with Crippen LogP contribution < -0.4 is 10.9 Å². The van der Waals surface area contributed by atoms with Crippen LogP contribution in [0.15, 0.2) is 91.3 Å². The van der Waals surface area contributed by atoms with Crippen molar-refractivity contribution in [2.75, 3.05) is 0 Å². The van der Waals surface area contributed by atoms with Crippen LogP contribution >= 0.6 is 23.2 Å². The molecule has 0 spiro atoms. The largest absolute Gasteiger partial charge is 0.595 e. The fraction of sp³-hybridized carbons (Fsp3) is 0.115. The molecule has 36 heavy (non-hydrogen) atoms. The van der Waals surface area contributed by atoms with Crippen LogP contribution in [-0.2, 0) is 4.79 Å². The summed E-state index contributed by atoms with van der Waals surface area (Å²) in [6.45, 7) is 1.63. The van der Waals surface area contributed by atoms with Gasteiger partial charge in [0.15, 0.2) is 5.69 Å². The predicted molar refractivity (Wildman–Crippen MR) is 137 cm³/mol. The molecule has 10 heteroatoms. The first kappa shape index (κ1) is 24.2. The van der Waals surface area contributed by atoms with Crippen LogP contribution in [0.4, 0.5) is 5.69 Å². The molecule has 1 amide bonds. The van der Waals surface area contributed by atoms with E-state index >= 15 is 0 Å². The van der Waals surface area contributed by atoms with E-state index in [1.54, 1.807) is 43.3 Å². The Morgan fingerprint density at radius 3 is 2.61 bits per heavy atom. The summed E-state index contributed by atoms with van der Waals surface area (Å²) in [5.74, 6) is -0.296. The fourth-order valence-corrected chi connectivity index (χ4v) is 4.52. The predicted octanol–water partition coefficient (Wildman–Crippen LogP) is 4.67. The number of benzene rings is 2. The Morgan fingerprint density at radius 1 is 1.11 bits per heavy atom. The standard InChI is InChI=1S/C26H19Cl2N3O5/c1-14(19-12-15-4-2-3-5-22(15)36-26(19)33)23-25(32)30(17-8-6-16(27)7-9-17)24(29-23)20-13-18(31(34)35)10-11-21(20)28/h2-6,8,10-13,31,34H,7,9H2,1H3/b23-14+. The number of hydrogen-bond donors (Lipinski definition) is 2. The molecule has 182 valence electrons. The van der Waals surface area contributed by atoms with Gasteiger partial charge in [0.2, 0.25) is 0 Å². The number of quaternary nitrogens is 1. The van der Waals surface area contributed by atoms with Crippen molar-refractivity contribution in [2.24, 2.45) is 4.99 Å². The summed E-state index contributed by atoms with van der Waals surface area (Å²) in [5, 5.41) is 21.5. The van der Waals surface area contributed by atoms with Crippen LogP contribution in [-0.4, -0.2) is 21.8 Å². The number of carbonyl (C=O) groups excluding carboxylic acids is 1. The average Bonchev–Trinajstić information content (AvgIpc) is 3.20. The molecule has 2 N–H and O–H groups in total. The highest BCUT2D eigenvalue weighted by Crippen LogP contribution is 2.35. The highest BCUT2D eigenvalue weighted by Gasteiger charge is 2.37. The highest BCUT2D eigenvalue weighted by molar-refractivity contribution is 6.36. The van der Waals surface area contributed by atoms with Gasteiger partial charge in [0.05, 0.1) is 10.6 Å². The van der Waals surface area contributed by atoms with Gasteiger partial charge in [0.25, 0.3) is 5.91 Å². The third-order valence-electron chi connectivity index (χ3n) is 6.05. The van der Waals surface area contributed by atoms with Crippen molar-refractivity contribution < 1.29 is 19.6 Å². The summed E-state index contributed by atoms with van der Waals surface area (Å²) < 4.78 is 5.45. The molecule has 0 saturated carbocycles. The molecular weight excluding hydrogens is 505 g/mol. The van der Waals surface area contributed by atoms with Crippen LogP contribution in [0.1, 0.15) is 30.9 Å². The SMILES string of the molecule is C/C(=C1\N=C(c2cc([NH+]([O-])O)ccc2Cl)N(C2=CC=C(Cl)CC2)C1=O)c1cc2ccccc2oc1=O. The first-order valence-electron chi connectivity index (χ1n) is 11.0. The number of aliphatic imine (C=N–C) groups is 1. The van der Waals surface area contributed by atoms with Crippen molar-refractivity contribution in [3.05, 3.63) is 109 Å². The summed E-state index contributed by atoms with van der Waals surface area (Å²) in [5.41, 5.74) is 1.29. The molecule has 5 rings (SSSR count). The van der Waals surface area contributed by atoms with Crippen LogP contribution in [0.2, 0.25) is 5.02 Å². The van der Waals surface area contributed by atoms with Crippen LogP contribution in [0.3, 0.4) is 0 Å². The number of nitrogens with zero attached hydrogens (tertiary/aromatic N) is 2. The number of halogens is 2. The second-order valence-corrected chi connectivity index (χ2v) is 9.20. The smallest absolute Gasteiger partial charge is 0.343 e. The lowest BCUT2D eigenvalue weighted by Gasteiger charge is -2.24. The molecule has 1 aliphatic carbocycles. The minimum absolute atomic E-state index is 0.00520. The van der Waals surface area contributed by atoms with Crippen LogP contribution in [0.5, 0.6) is 0 Å². The van der Waals surface area contributed by atoms with Crippen molar-refractivity contribution in [3.63, 3.8) is 0 Å². The number of amides is 1. The zero-order valence-electron chi connectivity index (χ0n) is 18.9. The van der Waals surface area contributed by atoms with E-state index in [-0.39, 0.29) is 33.4 Å². The van der Waals surface area contributed by atoms with E-state index in [2.05, 4.69) is 4.99 Å². The fourth-order valence-electron chi connectivity index (χ4n) is 4.16. The third kappa shape index (κ3) is 4.30. The number of carbonyl (C=O) groups is 1. The van der Waals surface area contributed by atoms with Crippen molar-refractivity contribution in [1.82, 2.24) is 4.90 Å². The van der Waals surface area contributed by atoms with E-state index in [0.717, 1.165) is 0 Å². The quantitative estimate of drug-likeness (QED) is 0.293. The van der Waals surface area contributed by atoms with E-state index in [1.807, 2.05) is 6.07 Å². The lowest BCUT2D eigenvalue weighted by atomic mass is 10.0. The highest BCUT2D eigenvalue weighted by atomic mass is 35.5. The summed E-state index contributed by atoms with van der Waals surface area (Å²) in [7, 11) is 0. The number of amidine groups is 1. The van der Waals surface area contributed by atoms with Crippen LogP contribution in [0.25, 0.3) is 16.5 Å². The molecular formula is C26H19Cl2N3O5. The van der Waals surface area contributed by atoms with Gasteiger partial charge in [0.1, 0.15) is 17.1 Å². The molecule has 0 fully saturated rings. The van der Waals surface area contributed by atoms with Crippen LogP contribution in [0, 0.1) is 5.21 Å².